The fraction of sp³-hybridized carbons (Fsp3) is 0.304. The van der Waals surface area contributed by atoms with Gasteiger partial charge in [0.2, 0.25) is 5.06 Å². The predicted molar refractivity (Wildman–Crippen MR) is 105 cm³/mol. The standard InChI is InChI=1S/C23H21ClO3/c1-22(2)25-20-17-13-14-23(24,21(20)27-22)26-19(17)18(15-9-5-3-6-10-15)16-11-7-4-8-12-16/h3-14,17,20-21H,1-2H3/t17-,20-,21-,23-/m0/s1. The second-order valence-corrected chi connectivity index (χ2v) is 8.27. The van der Waals surface area contributed by atoms with E-state index in [1.54, 1.807) is 0 Å². The van der Waals surface area contributed by atoms with E-state index >= 15 is 0 Å². The molecule has 4 heteroatoms. The monoisotopic (exact) mass is 380 g/mol. The number of alkyl halides is 1. The Morgan fingerprint density at radius 2 is 1.48 bits per heavy atom. The van der Waals surface area contributed by atoms with Crippen molar-refractivity contribution in [2.24, 2.45) is 5.92 Å². The molecule has 4 atom stereocenters. The van der Waals surface area contributed by atoms with Gasteiger partial charge in [-0.2, -0.15) is 0 Å². The van der Waals surface area contributed by atoms with E-state index in [0.717, 1.165) is 22.5 Å². The Morgan fingerprint density at radius 1 is 0.889 bits per heavy atom. The molecular weight excluding hydrogens is 360 g/mol. The van der Waals surface area contributed by atoms with Gasteiger partial charge in [0, 0.05) is 5.57 Å². The summed E-state index contributed by atoms with van der Waals surface area (Å²) in [5, 5.41) is -1.06. The SMILES string of the molecule is CC1(C)O[C@H]2[C@H]3C=C[C@](Cl)(OC3=C(c3ccccc3)c3ccccc3)[C@H]2O1. The average molecular weight is 381 g/mol. The van der Waals surface area contributed by atoms with Gasteiger partial charge in [-0.05, 0) is 31.1 Å². The van der Waals surface area contributed by atoms with Crippen molar-refractivity contribution in [3.63, 3.8) is 0 Å². The summed E-state index contributed by atoms with van der Waals surface area (Å²) in [6.45, 7) is 3.84. The van der Waals surface area contributed by atoms with Crippen molar-refractivity contribution in [1.82, 2.24) is 0 Å². The zero-order valence-electron chi connectivity index (χ0n) is 15.3. The average Bonchev–Trinajstić information content (AvgIpc) is 3.01. The van der Waals surface area contributed by atoms with Crippen molar-refractivity contribution in [2.75, 3.05) is 0 Å². The lowest BCUT2D eigenvalue weighted by Crippen LogP contribution is -2.55. The van der Waals surface area contributed by atoms with Crippen LogP contribution in [-0.2, 0) is 14.2 Å². The summed E-state index contributed by atoms with van der Waals surface area (Å²) < 4.78 is 18.7. The van der Waals surface area contributed by atoms with E-state index in [1.807, 2.05) is 56.3 Å². The van der Waals surface area contributed by atoms with Crippen LogP contribution in [0.2, 0.25) is 0 Å². The first-order valence-electron chi connectivity index (χ1n) is 9.25. The second kappa shape index (κ2) is 5.96. The van der Waals surface area contributed by atoms with Gasteiger partial charge in [0.1, 0.15) is 18.0 Å². The van der Waals surface area contributed by atoms with E-state index in [-0.39, 0.29) is 18.1 Å². The van der Waals surface area contributed by atoms with E-state index in [0.29, 0.717) is 0 Å². The Balaban J connectivity index is 1.71. The minimum atomic E-state index is -1.06. The first-order valence-corrected chi connectivity index (χ1v) is 9.63. The number of hydrogen-bond acceptors (Lipinski definition) is 3. The van der Waals surface area contributed by atoms with Gasteiger partial charge in [-0.25, -0.2) is 0 Å². The first kappa shape index (κ1) is 17.1. The van der Waals surface area contributed by atoms with Crippen molar-refractivity contribution in [3.05, 3.63) is 89.7 Å². The summed E-state index contributed by atoms with van der Waals surface area (Å²) in [5.41, 5.74) is 3.23. The third-order valence-corrected chi connectivity index (χ3v) is 5.76. The molecular formula is C23H21ClO3. The van der Waals surface area contributed by atoms with Crippen LogP contribution in [-0.4, -0.2) is 23.1 Å². The van der Waals surface area contributed by atoms with Crippen LogP contribution in [0.1, 0.15) is 25.0 Å². The molecule has 2 bridgehead atoms. The van der Waals surface area contributed by atoms with Crippen LogP contribution in [0.4, 0.5) is 0 Å². The van der Waals surface area contributed by atoms with Gasteiger partial charge < -0.3 is 14.2 Å². The van der Waals surface area contributed by atoms with E-state index in [2.05, 4.69) is 30.3 Å². The molecule has 0 aromatic heterocycles. The molecule has 0 N–H and O–H groups in total. The highest BCUT2D eigenvalue weighted by Gasteiger charge is 2.62. The van der Waals surface area contributed by atoms with E-state index in [1.165, 1.54) is 0 Å². The minimum Gasteiger partial charge on any atom is -0.468 e. The highest BCUT2D eigenvalue weighted by molar-refractivity contribution is 6.25. The number of rotatable bonds is 2. The Hall–Kier alpha value is -2.07. The lowest BCUT2D eigenvalue weighted by Gasteiger charge is -2.46. The largest absolute Gasteiger partial charge is 0.468 e. The fourth-order valence-electron chi connectivity index (χ4n) is 4.24. The molecule has 27 heavy (non-hydrogen) atoms. The highest BCUT2D eigenvalue weighted by Crippen LogP contribution is 2.54. The summed E-state index contributed by atoms with van der Waals surface area (Å²) in [4.78, 5) is 0. The molecule has 138 valence electrons. The number of fused-ring (bicyclic) bond motifs is 1. The summed E-state index contributed by atoms with van der Waals surface area (Å²) in [7, 11) is 0. The number of halogens is 1. The smallest absolute Gasteiger partial charge is 0.229 e. The molecule has 6 rings (SSSR count). The summed E-state index contributed by atoms with van der Waals surface area (Å²) in [6, 6.07) is 20.6. The van der Waals surface area contributed by atoms with E-state index in [9.17, 15) is 0 Å². The van der Waals surface area contributed by atoms with Crippen LogP contribution in [0, 0.1) is 5.92 Å². The van der Waals surface area contributed by atoms with Crippen molar-refractivity contribution < 1.29 is 14.2 Å². The molecule has 3 nitrogen and oxygen atoms in total. The maximum atomic E-state index is 6.89. The van der Waals surface area contributed by atoms with Crippen LogP contribution in [0.25, 0.3) is 5.57 Å². The van der Waals surface area contributed by atoms with Crippen LogP contribution in [0.3, 0.4) is 0 Å². The van der Waals surface area contributed by atoms with Gasteiger partial charge in [-0.1, -0.05) is 78.3 Å². The Kier molecular flexibility index (Phi) is 3.77. The molecule has 3 aliphatic heterocycles. The van der Waals surface area contributed by atoms with E-state index in [4.69, 9.17) is 25.8 Å². The molecule has 0 spiro atoms. The van der Waals surface area contributed by atoms with Crippen LogP contribution in [0.5, 0.6) is 0 Å². The molecule has 2 fully saturated rings. The van der Waals surface area contributed by atoms with Gasteiger partial charge in [-0.15, -0.1) is 0 Å². The third-order valence-electron chi connectivity index (χ3n) is 5.34. The molecule has 0 radical (unpaired) electrons. The topological polar surface area (TPSA) is 27.7 Å². The normalized spacial score (nSPS) is 32.9. The highest BCUT2D eigenvalue weighted by atomic mass is 35.5. The molecule has 2 aromatic rings. The van der Waals surface area contributed by atoms with E-state index < -0.39 is 10.8 Å². The van der Waals surface area contributed by atoms with Gasteiger partial charge in [0.25, 0.3) is 0 Å². The summed E-state index contributed by atoms with van der Waals surface area (Å²) in [6.07, 6.45) is 3.50. The van der Waals surface area contributed by atoms with Gasteiger partial charge in [0.15, 0.2) is 5.79 Å². The molecule has 4 aliphatic rings. The molecule has 3 heterocycles. The first-order chi connectivity index (χ1) is 13.0. The maximum Gasteiger partial charge on any atom is 0.229 e. The van der Waals surface area contributed by atoms with Crippen molar-refractivity contribution in [3.8, 4) is 0 Å². The fourth-order valence-corrected chi connectivity index (χ4v) is 4.56. The minimum absolute atomic E-state index is 0.0483. The van der Waals surface area contributed by atoms with Gasteiger partial charge in [-0.3, -0.25) is 0 Å². The molecule has 0 saturated carbocycles. The molecule has 2 aromatic carbocycles. The lowest BCUT2D eigenvalue weighted by atomic mass is 9.80. The number of hydrogen-bond donors (Lipinski definition) is 0. The summed E-state index contributed by atoms with van der Waals surface area (Å²) in [5.74, 6) is 0.110. The Labute approximate surface area is 164 Å². The zero-order valence-corrected chi connectivity index (χ0v) is 16.0. The quantitative estimate of drug-likeness (QED) is 0.534. The van der Waals surface area contributed by atoms with Gasteiger partial charge in [0.05, 0.1) is 5.92 Å². The number of benzene rings is 2. The Morgan fingerprint density at radius 3 is 2.07 bits per heavy atom. The van der Waals surface area contributed by atoms with Crippen molar-refractivity contribution >= 4 is 17.2 Å². The van der Waals surface area contributed by atoms with Crippen LogP contribution in [0.15, 0.2) is 78.6 Å². The third kappa shape index (κ3) is 2.73. The van der Waals surface area contributed by atoms with Crippen molar-refractivity contribution in [1.29, 1.82) is 0 Å². The number of ether oxygens (including phenoxy) is 3. The maximum absolute atomic E-state index is 6.89. The molecule has 0 unspecified atom stereocenters. The predicted octanol–water partition coefficient (Wildman–Crippen LogP) is 5.12. The lowest BCUT2D eigenvalue weighted by molar-refractivity contribution is -0.152. The van der Waals surface area contributed by atoms with Crippen LogP contribution >= 0.6 is 11.6 Å². The summed E-state index contributed by atoms with van der Waals surface area (Å²) >= 11 is 6.89. The van der Waals surface area contributed by atoms with Crippen LogP contribution < -0.4 is 0 Å². The zero-order chi connectivity index (χ0) is 18.6. The molecule has 0 amide bonds. The Bertz CT molecular complexity index is 878. The molecule has 2 saturated heterocycles. The second-order valence-electron chi connectivity index (χ2n) is 7.68. The van der Waals surface area contributed by atoms with Gasteiger partial charge >= 0.3 is 0 Å². The van der Waals surface area contributed by atoms with Crippen molar-refractivity contribution in [2.45, 2.75) is 36.9 Å². The molecule has 1 aliphatic carbocycles.